The molecular formula is C18H16F6N4O3S. The Balaban J connectivity index is 1.64. The van der Waals surface area contributed by atoms with Gasteiger partial charge in [0.05, 0.1) is 21.4 Å². The molecular weight excluding hydrogens is 466 g/mol. The van der Waals surface area contributed by atoms with E-state index in [1.807, 2.05) is 0 Å². The molecule has 2 aromatic rings. The van der Waals surface area contributed by atoms with Crippen LogP contribution in [0.5, 0.6) is 0 Å². The van der Waals surface area contributed by atoms with Crippen LogP contribution in [-0.4, -0.2) is 58.5 Å². The van der Waals surface area contributed by atoms with Crippen LogP contribution in [0.2, 0.25) is 0 Å². The lowest BCUT2D eigenvalue weighted by Crippen LogP contribution is -2.43. The molecule has 1 saturated carbocycles. The molecule has 1 atom stereocenters. The van der Waals surface area contributed by atoms with Crippen molar-refractivity contribution < 1.29 is 39.6 Å². The second kappa shape index (κ2) is 7.18. The molecule has 32 heavy (non-hydrogen) atoms. The fraction of sp³-hybridized carbons (Fsp3) is 0.500. The maximum atomic E-state index is 13.7. The molecule has 7 nitrogen and oxygen atoms in total. The van der Waals surface area contributed by atoms with Crippen LogP contribution < -0.4 is 0 Å². The number of amides is 1. The minimum absolute atomic E-state index is 0.0714. The number of aromatic nitrogens is 3. The lowest BCUT2D eigenvalue weighted by Gasteiger charge is -2.25. The molecule has 0 radical (unpaired) electrons. The normalized spacial score (nSPS) is 21.1. The zero-order valence-electron chi connectivity index (χ0n) is 16.2. The number of carbonyl (C=O) groups excluding carboxylic acids is 1. The summed E-state index contributed by atoms with van der Waals surface area (Å²) in [6.07, 6.45) is -8.59. The summed E-state index contributed by atoms with van der Waals surface area (Å²) in [5.41, 5.74) is -4.01. The van der Waals surface area contributed by atoms with Crippen molar-refractivity contribution in [2.75, 3.05) is 13.1 Å². The number of sulfone groups is 1. The molecule has 0 N–H and O–H groups in total. The Bertz CT molecular complexity index is 1140. The Morgan fingerprint density at radius 2 is 1.81 bits per heavy atom. The summed E-state index contributed by atoms with van der Waals surface area (Å²) in [5.74, 6) is -1.22. The molecule has 1 aromatic heterocycles. The summed E-state index contributed by atoms with van der Waals surface area (Å²) in [6.45, 7) is -0.875. The van der Waals surface area contributed by atoms with E-state index < -0.39 is 55.8 Å². The standard InChI is InChI=1S/C18H16F6N4O3S/c19-17(20,21)13-7-11(28-10-25-9-26-28)1-2-14(13)32(30,31)12-3-6-27(8-12)15(29)16(4-5-16)18(22,23)24/h1-2,7,9-10,12H,3-6,8H2. The molecule has 14 heteroatoms. The molecule has 1 unspecified atom stereocenters. The van der Waals surface area contributed by atoms with Crippen molar-refractivity contribution in [2.45, 2.75) is 41.8 Å². The highest BCUT2D eigenvalue weighted by Gasteiger charge is 2.69. The Morgan fingerprint density at radius 3 is 2.34 bits per heavy atom. The van der Waals surface area contributed by atoms with E-state index in [1.165, 1.54) is 0 Å². The van der Waals surface area contributed by atoms with Gasteiger partial charge in [-0.25, -0.2) is 18.1 Å². The summed E-state index contributed by atoms with van der Waals surface area (Å²) in [6, 6.07) is 2.53. The van der Waals surface area contributed by atoms with Crippen molar-refractivity contribution in [3.05, 3.63) is 36.4 Å². The van der Waals surface area contributed by atoms with Crippen LogP contribution in [0.1, 0.15) is 24.8 Å². The number of carbonyl (C=O) groups is 1. The average molecular weight is 482 g/mol. The average Bonchev–Trinajstić information content (AvgIpc) is 3.13. The largest absolute Gasteiger partial charge is 0.417 e. The highest BCUT2D eigenvalue weighted by Crippen LogP contribution is 2.59. The van der Waals surface area contributed by atoms with Gasteiger partial charge in [-0.05, 0) is 37.5 Å². The van der Waals surface area contributed by atoms with Gasteiger partial charge in [-0.15, -0.1) is 0 Å². The zero-order valence-corrected chi connectivity index (χ0v) is 17.0. The second-order valence-corrected chi connectivity index (χ2v) is 10.0. The van der Waals surface area contributed by atoms with Gasteiger partial charge in [0.25, 0.3) is 0 Å². The Morgan fingerprint density at radius 1 is 1.12 bits per heavy atom. The molecule has 1 amide bonds. The van der Waals surface area contributed by atoms with Gasteiger partial charge < -0.3 is 4.90 Å². The maximum Gasteiger partial charge on any atom is 0.417 e. The first kappa shape index (κ1) is 22.6. The van der Waals surface area contributed by atoms with E-state index in [0.717, 1.165) is 34.4 Å². The van der Waals surface area contributed by atoms with Crippen LogP contribution in [0, 0.1) is 5.41 Å². The van der Waals surface area contributed by atoms with Crippen LogP contribution in [0.3, 0.4) is 0 Å². The second-order valence-electron chi connectivity index (χ2n) is 7.80. The Labute approximate surface area is 177 Å². The molecule has 2 fully saturated rings. The number of likely N-dealkylation sites (tertiary alicyclic amines) is 1. The van der Waals surface area contributed by atoms with E-state index in [9.17, 15) is 39.6 Å². The Hall–Kier alpha value is -2.64. The topological polar surface area (TPSA) is 85.2 Å². The van der Waals surface area contributed by atoms with Crippen LogP contribution in [0.15, 0.2) is 35.7 Å². The van der Waals surface area contributed by atoms with E-state index in [-0.39, 0.29) is 31.5 Å². The lowest BCUT2D eigenvalue weighted by atomic mass is 10.1. The number of nitrogens with zero attached hydrogens (tertiary/aromatic N) is 4. The third-order valence-electron chi connectivity index (χ3n) is 5.83. The molecule has 174 valence electrons. The summed E-state index contributed by atoms with van der Waals surface area (Å²) in [7, 11) is -4.61. The van der Waals surface area contributed by atoms with E-state index in [1.54, 1.807) is 0 Å². The fourth-order valence-corrected chi connectivity index (χ4v) is 5.75. The van der Waals surface area contributed by atoms with Gasteiger partial charge in [0.1, 0.15) is 18.1 Å². The summed E-state index contributed by atoms with van der Waals surface area (Å²) >= 11 is 0. The van der Waals surface area contributed by atoms with E-state index in [4.69, 9.17) is 0 Å². The molecule has 1 aromatic carbocycles. The van der Waals surface area contributed by atoms with Crippen LogP contribution >= 0.6 is 0 Å². The number of alkyl halides is 6. The van der Waals surface area contributed by atoms with Gasteiger partial charge in [-0.2, -0.15) is 31.4 Å². The van der Waals surface area contributed by atoms with Crippen molar-refractivity contribution in [1.82, 2.24) is 19.7 Å². The van der Waals surface area contributed by atoms with Gasteiger partial charge >= 0.3 is 12.4 Å². The van der Waals surface area contributed by atoms with Crippen LogP contribution in [-0.2, 0) is 20.8 Å². The fourth-order valence-electron chi connectivity index (χ4n) is 3.86. The highest BCUT2D eigenvalue weighted by atomic mass is 32.2. The lowest BCUT2D eigenvalue weighted by molar-refractivity contribution is -0.197. The van der Waals surface area contributed by atoms with E-state index in [2.05, 4.69) is 10.1 Å². The van der Waals surface area contributed by atoms with Gasteiger partial charge in [0.15, 0.2) is 9.84 Å². The third kappa shape index (κ3) is 3.63. The third-order valence-corrected chi connectivity index (χ3v) is 8.06. The Kier molecular flexibility index (Phi) is 5.06. The molecule has 0 bridgehead atoms. The molecule has 2 heterocycles. The summed E-state index contributed by atoms with van der Waals surface area (Å²) in [5, 5.41) is 2.26. The van der Waals surface area contributed by atoms with Crippen molar-refractivity contribution in [1.29, 1.82) is 0 Å². The predicted octanol–water partition coefficient (Wildman–Crippen LogP) is 3.00. The summed E-state index contributed by atoms with van der Waals surface area (Å²) in [4.78, 5) is 15.8. The molecule has 0 spiro atoms. The van der Waals surface area contributed by atoms with Crippen molar-refractivity contribution in [3.63, 3.8) is 0 Å². The van der Waals surface area contributed by atoms with Crippen molar-refractivity contribution in [3.8, 4) is 5.69 Å². The number of benzene rings is 1. The van der Waals surface area contributed by atoms with Crippen LogP contribution in [0.25, 0.3) is 5.69 Å². The summed E-state index contributed by atoms with van der Waals surface area (Å²) < 4.78 is 108. The molecule has 1 aliphatic heterocycles. The number of rotatable bonds is 4. The minimum atomic E-state index is -5.03. The molecule has 2 aliphatic rings. The molecule has 4 rings (SSSR count). The SMILES string of the molecule is O=C(N1CCC(S(=O)(=O)c2ccc(-n3cncn3)cc2C(F)(F)F)C1)C1(C(F)(F)F)CC1. The first-order valence-corrected chi connectivity index (χ1v) is 11.0. The van der Waals surface area contributed by atoms with E-state index in [0.29, 0.717) is 6.07 Å². The van der Waals surface area contributed by atoms with Gasteiger partial charge in [-0.3, -0.25) is 4.79 Å². The van der Waals surface area contributed by atoms with Gasteiger partial charge in [0.2, 0.25) is 5.91 Å². The smallest absolute Gasteiger partial charge is 0.341 e. The quantitative estimate of drug-likeness (QED) is 0.626. The van der Waals surface area contributed by atoms with E-state index >= 15 is 0 Å². The number of hydrogen-bond acceptors (Lipinski definition) is 5. The molecule has 1 saturated heterocycles. The zero-order chi connectivity index (χ0) is 23.5. The molecule has 1 aliphatic carbocycles. The van der Waals surface area contributed by atoms with Crippen molar-refractivity contribution >= 4 is 15.7 Å². The predicted molar refractivity (Wildman–Crippen MR) is 96.3 cm³/mol. The minimum Gasteiger partial charge on any atom is -0.341 e. The number of hydrogen-bond donors (Lipinski definition) is 0. The number of halogens is 6. The van der Waals surface area contributed by atoms with Crippen LogP contribution in [0.4, 0.5) is 26.3 Å². The van der Waals surface area contributed by atoms with Crippen molar-refractivity contribution in [2.24, 2.45) is 5.41 Å². The first-order chi connectivity index (χ1) is 14.8. The van der Waals surface area contributed by atoms with Gasteiger partial charge in [0, 0.05) is 13.1 Å². The highest BCUT2D eigenvalue weighted by molar-refractivity contribution is 7.92. The van der Waals surface area contributed by atoms with Gasteiger partial charge in [-0.1, -0.05) is 0 Å². The maximum absolute atomic E-state index is 13.7. The first-order valence-electron chi connectivity index (χ1n) is 9.44. The monoisotopic (exact) mass is 482 g/mol.